The summed E-state index contributed by atoms with van der Waals surface area (Å²) in [5.74, 6) is 2.45. The maximum Gasteiger partial charge on any atom is 0.251 e. The molecule has 0 bridgehead atoms. The minimum absolute atomic E-state index is 0.0376. The van der Waals surface area contributed by atoms with Crippen LogP contribution in [0.15, 0.2) is 24.3 Å². The maximum absolute atomic E-state index is 12.2. The first-order valence-electron chi connectivity index (χ1n) is 7.71. The Balaban J connectivity index is 1.91. The molecule has 3 nitrogen and oxygen atoms in total. The second-order valence-corrected chi connectivity index (χ2v) is 6.32. The Morgan fingerprint density at radius 1 is 1.38 bits per heavy atom. The first-order chi connectivity index (χ1) is 10.1. The van der Waals surface area contributed by atoms with E-state index < -0.39 is 0 Å². The van der Waals surface area contributed by atoms with Gasteiger partial charge in [0.15, 0.2) is 0 Å². The van der Waals surface area contributed by atoms with E-state index in [1.165, 1.54) is 12.8 Å². The monoisotopic (exact) mass is 309 g/mol. The second kappa shape index (κ2) is 7.69. The molecule has 2 atom stereocenters. The van der Waals surface area contributed by atoms with Crippen LogP contribution in [0.4, 0.5) is 0 Å². The van der Waals surface area contributed by atoms with Crippen molar-refractivity contribution in [2.75, 3.05) is 12.4 Å². The summed E-state index contributed by atoms with van der Waals surface area (Å²) < 4.78 is 5.62. The van der Waals surface area contributed by atoms with Crippen molar-refractivity contribution in [1.29, 1.82) is 0 Å². The normalized spacial score (nSPS) is 21.5. The highest BCUT2D eigenvalue weighted by molar-refractivity contribution is 6.18. The number of nitrogens with one attached hydrogen (secondary N) is 1. The third-order valence-corrected chi connectivity index (χ3v) is 4.40. The number of ether oxygens (including phenoxy) is 1. The molecule has 1 aliphatic carbocycles. The summed E-state index contributed by atoms with van der Waals surface area (Å²) in [6.07, 6.45) is 3.66. The summed E-state index contributed by atoms with van der Waals surface area (Å²) in [6, 6.07) is 7.33. The molecule has 1 aliphatic rings. The number of halogens is 1. The first-order valence-corrected chi connectivity index (χ1v) is 8.24. The van der Waals surface area contributed by atoms with E-state index in [0.29, 0.717) is 29.8 Å². The highest BCUT2D eigenvalue weighted by Gasteiger charge is 2.26. The van der Waals surface area contributed by atoms with Crippen molar-refractivity contribution in [2.45, 2.75) is 39.2 Å². The van der Waals surface area contributed by atoms with Crippen LogP contribution >= 0.6 is 11.6 Å². The molecule has 0 saturated heterocycles. The Hall–Kier alpha value is -1.22. The van der Waals surface area contributed by atoms with Gasteiger partial charge in [-0.25, -0.2) is 0 Å². The number of hydrogen-bond acceptors (Lipinski definition) is 2. The number of rotatable bonds is 6. The smallest absolute Gasteiger partial charge is 0.251 e. The summed E-state index contributed by atoms with van der Waals surface area (Å²) in [4.78, 5) is 12.2. The zero-order valence-electron chi connectivity index (χ0n) is 12.8. The van der Waals surface area contributed by atoms with Crippen LogP contribution < -0.4 is 10.1 Å². The summed E-state index contributed by atoms with van der Waals surface area (Å²) in [6.45, 7) is 4.66. The van der Waals surface area contributed by atoms with Crippen molar-refractivity contribution in [3.63, 3.8) is 0 Å². The van der Waals surface area contributed by atoms with E-state index >= 15 is 0 Å². The standard InChI is InChI=1S/C17H24ClNO2/c1-12(2)21-16-8-4-5-13(9-16)17(20)19-11-15-7-3-6-14(15)10-18/h4-5,8-9,12,14-15H,3,6-7,10-11H2,1-2H3,(H,19,20). The van der Waals surface area contributed by atoms with Gasteiger partial charge < -0.3 is 10.1 Å². The van der Waals surface area contributed by atoms with Gasteiger partial charge in [0.25, 0.3) is 5.91 Å². The van der Waals surface area contributed by atoms with Gasteiger partial charge in [-0.1, -0.05) is 12.5 Å². The van der Waals surface area contributed by atoms with Crippen LogP contribution in [0.5, 0.6) is 5.75 Å². The van der Waals surface area contributed by atoms with Crippen molar-refractivity contribution in [3.8, 4) is 5.75 Å². The Morgan fingerprint density at radius 3 is 2.86 bits per heavy atom. The Morgan fingerprint density at radius 2 is 2.14 bits per heavy atom. The zero-order chi connectivity index (χ0) is 15.2. The Labute approximate surface area is 132 Å². The van der Waals surface area contributed by atoms with Crippen LogP contribution in [0.25, 0.3) is 0 Å². The summed E-state index contributed by atoms with van der Waals surface area (Å²) >= 11 is 5.97. The van der Waals surface area contributed by atoms with E-state index in [1.54, 1.807) is 6.07 Å². The average molecular weight is 310 g/mol. The fraction of sp³-hybridized carbons (Fsp3) is 0.588. The fourth-order valence-corrected chi connectivity index (χ4v) is 3.30. The third kappa shape index (κ3) is 4.63. The fourth-order valence-electron chi connectivity index (χ4n) is 2.89. The molecule has 21 heavy (non-hydrogen) atoms. The number of amides is 1. The molecule has 0 heterocycles. The minimum atomic E-state index is -0.0376. The lowest BCUT2D eigenvalue weighted by atomic mass is 9.98. The van der Waals surface area contributed by atoms with Crippen LogP contribution in [0, 0.1) is 11.8 Å². The first kappa shape index (κ1) is 16.2. The molecule has 4 heteroatoms. The molecule has 2 rings (SSSR count). The van der Waals surface area contributed by atoms with E-state index in [9.17, 15) is 4.79 Å². The number of benzene rings is 1. The van der Waals surface area contributed by atoms with Crippen LogP contribution in [-0.2, 0) is 0 Å². The molecular formula is C17H24ClNO2. The quantitative estimate of drug-likeness (QED) is 0.810. The number of carbonyl (C=O) groups excluding carboxylic acids is 1. The van der Waals surface area contributed by atoms with Gasteiger partial charge in [-0.05, 0) is 56.7 Å². The largest absolute Gasteiger partial charge is 0.491 e. The van der Waals surface area contributed by atoms with Crippen LogP contribution in [0.3, 0.4) is 0 Å². The van der Waals surface area contributed by atoms with Gasteiger partial charge in [0.1, 0.15) is 5.75 Å². The van der Waals surface area contributed by atoms with Crippen molar-refractivity contribution in [2.24, 2.45) is 11.8 Å². The summed E-state index contributed by atoms with van der Waals surface area (Å²) in [5, 5.41) is 3.03. The molecule has 0 aromatic heterocycles. The van der Waals surface area contributed by atoms with Crippen LogP contribution in [0.1, 0.15) is 43.5 Å². The lowest BCUT2D eigenvalue weighted by Gasteiger charge is -2.18. The predicted octanol–water partition coefficient (Wildman–Crippen LogP) is 3.86. The van der Waals surface area contributed by atoms with Gasteiger partial charge in [-0.3, -0.25) is 4.79 Å². The van der Waals surface area contributed by atoms with E-state index in [2.05, 4.69) is 5.32 Å². The van der Waals surface area contributed by atoms with Crippen LogP contribution in [-0.4, -0.2) is 24.4 Å². The molecule has 1 N–H and O–H groups in total. The molecule has 1 fully saturated rings. The predicted molar refractivity (Wildman–Crippen MR) is 86.1 cm³/mol. The molecular weight excluding hydrogens is 286 g/mol. The highest BCUT2D eigenvalue weighted by atomic mass is 35.5. The Kier molecular flexibility index (Phi) is 5.92. The average Bonchev–Trinajstić information content (AvgIpc) is 2.91. The molecule has 1 saturated carbocycles. The molecule has 116 valence electrons. The molecule has 0 aliphatic heterocycles. The summed E-state index contributed by atoms with van der Waals surface area (Å²) in [7, 11) is 0. The zero-order valence-corrected chi connectivity index (χ0v) is 13.5. The molecule has 1 aromatic carbocycles. The number of carbonyl (C=O) groups is 1. The van der Waals surface area contributed by atoms with Gasteiger partial charge in [-0.15, -0.1) is 11.6 Å². The van der Waals surface area contributed by atoms with Gasteiger partial charge in [-0.2, -0.15) is 0 Å². The third-order valence-electron chi connectivity index (χ3n) is 4.01. The minimum Gasteiger partial charge on any atom is -0.491 e. The Bertz CT molecular complexity index is 476. The van der Waals surface area contributed by atoms with E-state index in [1.807, 2.05) is 32.0 Å². The topological polar surface area (TPSA) is 38.3 Å². The van der Waals surface area contributed by atoms with Crippen molar-refractivity contribution in [1.82, 2.24) is 5.32 Å². The van der Waals surface area contributed by atoms with E-state index in [0.717, 1.165) is 12.2 Å². The lowest BCUT2D eigenvalue weighted by Crippen LogP contribution is -2.31. The van der Waals surface area contributed by atoms with Gasteiger partial charge >= 0.3 is 0 Å². The van der Waals surface area contributed by atoms with E-state index in [-0.39, 0.29) is 12.0 Å². The van der Waals surface area contributed by atoms with E-state index in [4.69, 9.17) is 16.3 Å². The molecule has 2 unspecified atom stereocenters. The highest BCUT2D eigenvalue weighted by Crippen LogP contribution is 2.32. The SMILES string of the molecule is CC(C)Oc1cccc(C(=O)NCC2CCCC2CCl)c1. The van der Waals surface area contributed by atoms with Crippen molar-refractivity contribution < 1.29 is 9.53 Å². The molecule has 1 aromatic rings. The molecule has 0 spiro atoms. The maximum atomic E-state index is 12.2. The number of hydrogen-bond donors (Lipinski definition) is 1. The van der Waals surface area contributed by atoms with Gasteiger partial charge in [0.2, 0.25) is 0 Å². The number of alkyl halides is 1. The molecule has 0 radical (unpaired) electrons. The van der Waals surface area contributed by atoms with Crippen LogP contribution in [0.2, 0.25) is 0 Å². The summed E-state index contributed by atoms with van der Waals surface area (Å²) in [5.41, 5.74) is 0.647. The second-order valence-electron chi connectivity index (χ2n) is 6.01. The van der Waals surface area contributed by atoms with Gasteiger partial charge in [0.05, 0.1) is 6.10 Å². The lowest BCUT2D eigenvalue weighted by molar-refractivity contribution is 0.0944. The van der Waals surface area contributed by atoms with Crippen molar-refractivity contribution in [3.05, 3.63) is 29.8 Å². The van der Waals surface area contributed by atoms with Crippen molar-refractivity contribution >= 4 is 17.5 Å². The van der Waals surface area contributed by atoms with Gasteiger partial charge in [0, 0.05) is 18.0 Å². The molecule has 1 amide bonds.